The Morgan fingerprint density at radius 1 is 0.947 bits per heavy atom. The fourth-order valence-corrected chi connectivity index (χ4v) is 7.60. The predicted octanol–water partition coefficient (Wildman–Crippen LogP) is 6.42. The zero-order valence-electron chi connectivity index (χ0n) is 33.2. The van der Waals surface area contributed by atoms with Crippen molar-refractivity contribution in [2.24, 2.45) is 0 Å². The van der Waals surface area contributed by atoms with Crippen molar-refractivity contribution in [1.82, 2.24) is 19.6 Å². The zero-order chi connectivity index (χ0) is 41.0. The van der Waals surface area contributed by atoms with E-state index in [9.17, 15) is 24.9 Å². The molecule has 4 rings (SSSR count). The molecule has 17 heteroatoms. The average Bonchev–Trinajstić information content (AvgIpc) is 3.77. The number of aliphatic hydroxyl groups excluding tert-OH is 1. The Kier molecular flexibility index (Phi) is 19.2. The second kappa shape index (κ2) is 23.8. The summed E-state index contributed by atoms with van der Waals surface area (Å²) in [5.74, 6) is 0.128. The third kappa shape index (κ3) is 14.1. The minimum atomic E-state index is -4.86. The molecule has 1 aliphatic rings. The van der Waals surface area contributed by atoms with Gasteiger partial charge in [0, 0.05) is 12.8 Å². The predicted molar refractivity (Wildman–Crippen MR) is 211 cm³/mol. The Bertz CT molecular complexity index is 1770. The summed E-state index contributed by atoms with van der Waals surface area (Å²) in [6.07, 6.45) is 20.2. The molecule has 5 N–H and O–H groups in total. The van der Waals surface area contributed by atoms with Gasteiger partial charge in [0.2, 0.25) is 5.60 Å². The van der Waals surface area contributed by atoms with Gasteiger partial charge in [-0.1, -0.05) is 109 Å². The topological polar surface area (TPSA) is 241 Å². The Morgan fingerprint density at radius 2 is 1.60 bits per heavy atom. The second-order valence-corrected chi connectivity index (χ2v) is 16.2. The number of nitriles is 2. The molecular formula is C40H60N7O9P. The Labute approximate surface area is 335 Å². The van der Waals surface area contributed by atoms with Crippen LogP contribution in [0.5, 0.6) is 0 Å². The van der Waals surface area contributed by atoms with Crippen molar-refractivity contribution in [3.05, 3.63) is 53.7 Å². The molecule has 0 bridgehead atoms. The number of nitrogens with zero attached hydrogens (tertiary/aromatic N) is 6. The lowest BCUT2D eigenvalue weighted by Gasteiger charge is -2.30. The number of ether oxygens (including phenoxy) is 3. The van der Waals surface area contributed by atoms with Crippen molar-refractivity contribution >= 4 is 19.2 Å². The minimum Gasteiger partial charge on any atom is -0.385 e. The maximum atomic E-state index is 13.1. The summed E-state index contributed by atoms with van der Waals surface area (Å²) < 4.78 is 42.1. The summed E-state index contributed by atoms with van der Waals surface area (Å²) in [6.45, 7) is 0.952. The molecule has 3 aromatic heterocycles. The van der Waals surface area contributed by atoms with Crippen molar-refractivity contribution in [2.45, 2.75) is 140 Å². The summed E-state index contributed by atoms with van der Waals surface area (Å²) in [5.41, 5.74) is 2.84. The number of aliphatic hydroxyl groups is 2. The van der Waals surface area contributed by atoms with Crippen molar-refractivity contribution < 1.29 is 42.9 Å². The Hall–Kier alpha value is -3.54. The molecule has 4 heterocycles. The van der Waals surface area contributed by atoms with Gasteiger partial charge in [-0.25, -0.2) is 19.0 Å². The van der Waals surface area contributed by atoms with Crippen LogP contribution in [0.1, 0.15) is 127 Å². The van der Waals surface area contributed by atoms with Crippen LogP contribution in [0.25, 0.3) is 5.52 Å². The first-order chi connectivity index (χ1) is 27.6. The molecule has 314 valence electrons. The lowest BCUT2D eigenvalue weighted by atomic mass is 9.86. The van der Waals surface area contributed by atoms with E-state index in [-0.39, 0.29) is 30.4 Å². The van der Waals surface area contributed by atoms with Crippen LogP contribution in [0.2, 0.25) is 0 Å². The molecule has 0 aromatic carbocycles. The molecule has 1 saturated heterocycles. The maximum Gasteiger partial charge on any atom is 0.472 e. The van der Waals surface area contributed by atoms with E-state index in [1.807, 2.05) is 6.07 Å². The SMILES string of the molecule is CCCCCCCCCCCCCCCCCCOC[C@H](COP(=O)(O)OC[C@@]1(C#N)OC[C@@](O)(c2ccc3c(N)ncnn23)[C@@H]1O)OCc1ccc(C#N)nc1. The summed E-state index contributed by atoms with van der Waals surface area (Å²) in [5, 5.41) is 45.9. The summed E-state index contributed by atoms with van der Waals surface area (Å²) in [7, 11) is -4.86. The zero-order valence-corrected chi connectivity index (χ0v) is 34.1. The number of unbranched alkanes of at least 4 members (excludes halogenated alkanes) is 15. The van der Waals surface area contributed by atoms with Gasteiger partial charge < -0.3 is 35.1 Å². The number of pyridine rings is 1. The Morgan fingerprint density at radius 3 is 2.19 bits per heavy atom. The van der Waals surface area contributed by atoms with E-state index in [1.165, 1.54) is 113 Å². The van der Waals surface area contributed by atoms with Crippen LogP contribution in [0.15, 0.2) is 36.8 Å². The van der Waals surface area contributed by atoms with Crippen molar-refractivity contribution in [1.29, 1.82) is 10.5 Å². The maximum absolute atomic E-state index is 13.1. The van der Waals surface area contributed by atoms with E-state index in [1.54, 1.807) is 18.2 Å². The quantitative estimate of drug-likeness (QED) is 0.0437. The lowest BCUT2D eigenvalue weighted by molar-refractivity contribution is -0.0848. The van der Waals surface area contributed by atoms with Gasteiger partial charge in [-0.2, -0.15) is 15.6 Å². The molecule has 1 fully saturated rings. The first-order valence-corrected chi connectivity index (χ1v) is 21.8. The third-order valence-corrected chi connectivity index (χ3v) is 11.2. The highest BCUT2D eigenvalue weighted by molar-refractivity contribution is 7.47. The number of fused-ring (bicyclic) bond motifs is 1. The number of nitrogen functional groups attached to an aromatic ring is 1. The number of hydrogen-bond acceptors (Lipinski definition) is 14. The van der Waals surface area contributed by atoms with Crippen LogP contribution in [0, 0.1) is 22.7 Å². The number of hydrogen-bond donors (Lipinski definition) is 4. The van der Waals surface area contributed by atoms with Gasteiger partial charge in [0.1, 0.15) is 48.5 Å². The fourth-order valence-electron chi connectivity index (χ4n) is 6.82. The molecule has 57 heavy (non-hydrogen) atoms. The van der Waals surface area contributed by atoms with E-state index in [2.05, 4.69) is 22.0 Å². The van der Waals surface area contributed by atoms with E-state index in [4.69, 9.17) is 34.3 Å². The van der Waals surface area contributed by atoms with Crippen LogP contribution in [-0.2, 0) is 40.0 Å². The fraction of sp³-hybridized carbons (Fsp3) is 0.675. The van der Waals surface area contributed by atoms with E-state index >= 15 is 0 Å². The smallest absolute Gasteiger partial charge is 0.385 e. The molecule has 16 nitrogen and oxygen atoms in total. The highest BCUT2D eigenvalue weighted by Crippen LogP contribution is 2.47. The van der Waals surface area contributed by atoms with Crippen LogP contribution in [-0.4, -0.2) is 85.5 Å². The standard InChI is InChI=1S/C40H60N7O9P/c1-2-3-4-5-6-7-8-9-10-11-12-13-14-15-16-17-22-52-26-34(53-25-32-18-19-33(23-41)44-24-32)27-55-57(50,51)56-29-39(28-42)38(48)40(49,30-54-39)36-21-20-35-37(43)45-31-46-47(35)36/h18-21,24,31,34,38,48-49H,2-17,22,25-27,29-30H2,1H3,(H,50,51)(H2,43,45,46)/t34-,38-,39-,40-/m1/s1. The number of aromatic nitrogens is 4. The molecule has 0 amide bonds. The molecule has 5 atom stereocenters. The van der Waals surface area contributed by atoms with Gasteiger partial charge in [-0.15, -0.1) is 0 Å². The first-order valence-electron chi connectivity index (χ1n) is 20.3. The first kappa shape index (κ1) is 46.2. The minimum absolute atomic E-state index is 0.0543. The highest BCUT2D eigenvalue weighted by atomic mass is 31.2. The normalized spacial score (nSPS) is 21.0. The Balaban J connectivity index is 1.19. The van der Waals surface area contributed by atoms with Gasteiger partial charge >= 0.3 is 7.82 Å². The molecule has 0 saturated carbocycles. The summed E-state index contributed by atoms with van der Waals surface area (Å²) in [6, 6.07) is 9.98. The molecule has 0 radical (unpaired) electrons. The summed E-state index contributed by atoms with van der Waals surface area (Å²) in [4.78, 5) is 18.6. The highest BCUT2D eigenvalue weighted by Gasteiger charge is 2.61. The van der Waals surface area contributed by atoms with Crippen LogP contribution >= 0.6 is 7.82 Å². The van der Waals surface area contributed by atoms with Crippen LogP contribution in [0.4, 0.5) is 5.82 Å². The largest absolute Gasteiger partial charge is 0.472 e. The van der Waals surface area contributed by atoms with Crippen molar-refractivity contribution in [2.75, 3.05) is 38.8 Å². The number of rotatable bonds is 29. The molecule has 0 aliphatic carbocycles. The average molecular weight is 814 g/mol. The van der Waals surface area contributed by atoms with Gasteiger partial charge in [0.15, 0.2) is 11.4 Å². The van der Waals surface area contributed by atoms with Gasteiger partial charge in [0.05, 0.1) is 32.1 Å². The lowest BCUT2D eigenvalue weighted by Crippen LogP contribution is -2.50. The van der Waals surface area contributed by atoms with Gasteiger partial charge in [-0.3, -0.25) is 9.05 Å². The number of phosphoric ester groups is 1. The van der Waals surface area contributed by atoms with Gasteiger partial charge in [0.25, 0.3) is 0 Å². The van der Waals surface area contributed by atoms with E-state index in [0.717, 1.165) is 19.3 Å². The van der Waals surface area contributed by atoms with E-state index < -0.39 is 51.1 Å². The monoisotopic (exact) mass is 813 g/mol. The number of phosphoric acid groups is 1. The molecule has 1 unspecified atom stereocenters. The molecule has 1 aliphatic heterocycles. The van der Waals surface area contributed by atoms with Crippen LogP contribution < -0.4 is 5.73 Å². The molecule has 0 spiro atoms. The van der Waals surface area contributed by atoms with Crippen LogP contribution in [0.3, 0.4) is 0 Å². The number of nitrogens with two attached hydrogens (primary N) is 1. The second-order valence-electron chi connectivity index (χ2n) is 14.8. The number of anilines is 1. The van der Waals surface area contributed by atoms with E-state index in [0.29, 0.717) is 17.7 Å². The molecule has 3 aromatic rings. The van der Waals surface area contributed by atoms with Gasteiger partial charge in [-0.05, 0) is 30.2 Å². The summed E-state index contributed by atoms with van der Waals surface area (Å²) >= 11 is 0. The van der Waals surface area contributed by atoms with Crippen molar-refractivity contribution in [3.8, 4) is 12.1 Å². The van der Waals surface area contributed by atoms with Crippen molar-refractivity contribution in [3.63, 3.8) is 0 Å². The third-order valence-electron chi connectivity index (χ3n) is 10.3. The molecular weight excluding hydrogens is 753 g/mol.